The lowest BCUT2D eigenvalue weighted by molar-refractivity contribution is 0.174. The van der Waals surface area contributed by atoms with E-state index in [0.29, 0.717) is 12.4 Å². The second-order valence-corrected chi connectivity index (χ2v) is 6.21. The summed E-state index contributed by atoms with van der Waals surface area (Å²) in [4.78, 5) is 13.6. The van der Waals surface area contributed by atoms with Crippen LogP contribution < -0.4 is 20.1 Å². The van der Waals surface area contributed by atoms with E-state index in [1.165, 1.54) is 0 Å². The lowest BCUT2D eigenvalue weighted by Gasteiger charge is -2.12. The number of fused-ring (bicyclic) bond motifs is 2. The smallest absolute Gasteiger partial charge is 0.231 e. The number of benzene rings is 1. The van der Waals surface area contributed by atoms with Crippen LogP contribution >= 0.6 is 0 Å². The number of hydrogen-bond acceptors (Lipinski definition) is 7. The van der Waals surface area contributed by atoms with Gasteiger partial charge >= 0.3 is 0 Å². The molecule has 7 heteroatoms. The monoisotopic (exact) mass is 347 g/mol. The second-order valence-electron chi connectivity index (χ2n) is 6.21. The van der Waals surface area contributed by atoms with Gasteiger partial charge in [0.05, 0.1) is 5.69 Å². The Balaban J connectivity index is 1.44. The molecule has 0 saturated carbocycles. The summed E-state index contributed by atoms with van der Waals surface area (Å²) in [6.45, 7) is 2.45. The second kappa shape index (κ2) is 6.27. The maximum Gasteiger partial charge on any atom is 0.231 e. The zero-order valence-electron chi connectivity index (χ0n) is 14.0. The Hall–Kier alpha value is -3.19. The predicted octanol–water partition coefficient (Wildman–Crippen LogP) is 2.48. The van der Waals surface area contributed by atoms with Crippen molar-refractivity contribution in [1.82, 2.24) is 20.3 Å². The molecule has 0 spiro atoms. The maximum atomic E-state index is 5.45. The summed E-state index contributed by atoms with van der Waals surface area (Å²) >= 11 is 0. The first kappa shape index (κ1) is 15.1. The van der Waals surface area contributed by atoms with Gasteiger partial charge in [-0.2, -0.15) is 0 Å². The van der Waals surface area contributed by atoms with Gasteiger partial charge in [-0.3, -0.25) is 4.98 Å². The lowest BCUT2D eigenvalue weighted by atomic mass is 10.2. The fraction of sp³-hybridized carbons (Fsp3) is 0.211. The third-order valence-corrected chi connectivity index (χ3v) is 4.50. The largest absolute Gasteiger partial charge is 0.454 e. The minimum Gasteiger partial charge on any atom is -0.454 e. The molecule has 0 amide bonds. The number of nitrogens with zero attached hydrogens (tertiary/aromatic N) is 3. The van der Waals surface area contributed by atoms with Crippen molar-refractivity contribution in [2.24, 2.45) is 0 Å². The van der Waals surface area contributed by atoms with Gasteiger partial charge in [0.15, 0.2) is 17.3 Å². The van der Waals surface area contributed by atoms with E-state index in [4.69, 9.17) is 19.4 Å². The molecule has 7 nitrogen and oxygen atoms in total. The quantitative estimate of drug-likeness (QED) is 0.750. The number of rotatable bonds is 4. The van der Waals surface area contributed by atoms with Gasteiger partial charge in [0.1, 0.15) is 5.82 Å². The van der Waals surface area contributed by atoms with Gasteiger partial charge in [-0.1, -0.05) is 6.07 Å². The van der Waals surface area contributed by atoms with Crippen LogP contribution in [0.25, 0.3) is 11.4 Å². The molecule has 0 saturated heterocycles. The van der Waals surface area contributed by atoms with E-state index in [2.05, 4.69) is 15.6 Å². The molecule has 2 aliphatic rings. The Labute approximate surface area is 150 Å². The molecule has 5 rings (SSSR count). The first-order valence-electron chi connectivity index (χ1n) is 8.50. The molecule has 4 heterocycles. The zero-order chi connectivity index (χ0) is 17.3. The predicted molar refractivity (Wildman–Crippen MR) is 95.7 cm³/mol. The summed E-state index contributed by atoms with van der Waals surface area (Å²) < 4.78 is 10.8. The Morgan fingerprint density at radius 1 is 1.08 bits per heavy atom. The molecule has 0 unspecified atom stereocenters. The minimum atomic E-state index is 0.284. The number of aromatic nitrogens is 3. The van der Waals surface area contributed by atoms with E-state index < -0.39 is 0 Å². The van der Waals surface area contributed by atoms with E-state index in [1.807, 2.05) is 30.3 Å². The van der Waals surface area contributed by atoms with Crippen LogP contribution in [0, 0.1) is 0 Å². The molecule has 2 N–H and O–H groups in total. The van der Waals surface area contributed by atoms with Crippen LogP contribution in [-0.4, -0.2) is 21.7 Å². The van der Waals surface area contributed by atoms with Gasteiger partial charge in [0.2, 0.25) is 6.79 Å². The van der Waals surface area contributed by atoms with E-state index in [9.17, 15) is 0 Å². The van der Waals surface area contributed by atoms with Crippen LogP contribution in [0.5, 0.6) is 11.5 Å². The van der Waals surface area contributed by atoms with Gasteiger partial charge in [0.25, 0.3) is 0 Å². The number of hydrogen-bond donors (Lipinski definition) is 2. The average Bonchev–Trinajstić information content (AvgIpc) is 3.35. The van der Waals surface area contributed by atoms with Gasteiger partial charge in [-0.15, -0.1) is 0 Å². The highest BCUT2D eigenvalue weighted by molar-refractivity contribution is 5.60. The Bertz CT molecular complexity index is 962. The van der Waals surface area contributed by atoms with Crippen LogP contribution in [0.15, 0.2) is 42.7 Å². The minimum absolute atomic E-state index is 0.284. The van der Waals surface area contributed by atoms with Crippen LogP contribution in [0.4, 0.5) is 5.82 Å². The molecular weight excluding hydrogens is 330 g/mol. The van der Waals surface area contributed by atoms with Crippen LogP contribution in [0.3, 0.4) is 0 Å². The van der Waals surface area contributed by atoms with Crippen molar-refractivity contribution in [3.05, 3.63) is 59.5 Å². The first-order chi connectivity index (χ1) is 12.9. The molecule has 3 aromatic rings. The van der Waals surface area contributed by atoms with Crippen LogP contribution in [0.1, 0.15) is 16.8 Å². The van der Waals surface area contributed by atoms with Crippen molar-refractivity contribution in [2.45, 2.75) is 19.6 Å². The number of pyridine rings is 1. The molecule has 0 fully saturated rings. The van der Waals surface area contributed by atoms with E-state index in [1.54, 1.807) is 12.4 Å². The molecule has 2 aliphatic heterocycles. The molecule has 0 aliphatic carbocycles. The van der Waals surface area contributed by atoms with Gasteiger partial charge in [-0.05, 0) is 29.8 Å². The maximum absolute atomic E-state index is 5.45. The molecule has 2 aromatic heterocycles. The molecule has 0 atom stereocenters. The summed E-state index contributed by atoms with van der Waals surface area (Å²) in [6, 6.07) is 9.83. The Morgan fingerprint density at radius 2 is 2.04 bits per heavy atom. The number of anilines is 1. The summed E-state index contributed by atoms with van der Waals surface area (Å²) in [5.74, 6) is 3.12. The average molecular weight is 347 g/mol. The van der Waals surface area contributed by atoms with E-state index >= 15 is 0 Å². The van der Waals surface area contributed by atoms with Crippen molar-refractivity contribution in [3.8, 4) is 22.9 Å². The highest BCUT2D eigenvalue weighted by atomic mass is 16.7. The standard InChI is InChI=1S/C19H17N5O2/c1-2-13(8-20-5-1)18-23-15-10-21-9-14(15)19(24-18)22-7-12-3-4-16-17(6-12)26-11-25-16/h1-6,8,21H,7,9-11H2,(H,22,23,24). The summed E-state index contributed by atoms with van der Waals surface area (Å²) in [6.07, 6.45) is 3.53. The molecule has 0 radical (unpaired) electrons. The Kier molecular flexibility index (Phi) is 3.64. The van der Waals surface area contributed by atoms with Crippen molar-refractivity contribution >= 4 is 5.82 Å². The lowest BCUT2D eigenvalue weighted by Crippen LogP contribution is -2.08. The van der Waals surface area contributed by atoms with E-state index in [0.717, 1.165) is 52.8 Å². The van der Waals surface area contributed by atoms with Crippen LogP contribution in [0.2, 0.25) is 0 Å². The van der Waals surface area contributed by atoms with Gasteiger partial charge < -0.3 is 20.1 Å². The third kappa shape index (κ3) is 2.72. The highest BCUT2D eigenvalue weighted by Crippen LogP contribution is 2.33. The normalized spacial score (nSPS) is 14.3. The molecule has 0 bridgehead atoms. The zero-order valence-corrected chi connectivity index (χ0v) is 14.0. The summed E-state index contributed by atoms with van der Waals surface area (Å²) in [7, 11) is 0. The Morgan fingerprint density at radius 3 is 2.96 bits per heavy atom. The molecular formula is C19H17N5O2. The summed E-state index contributed by atoms with van der Waals surface area (Å²) in [5.41, 5.74) is 4.18. The van der Waals surface area contributed by atoms with Crippen molar-refractivity contribution in [2.75, 3.05) is 12.1 Å². The van der Waals surface area contributed by atoms with Gasteiger partial charge in [-0.25, -0.2) is 9.97 Å². The number of ether oxygens (including phenoxy) is 2. The molecule has 26 heavy (non-hydrogen) atoms. The highest BCUT2D eigenvalue weighted by Gasteiger charge is 2.20. The molecule has 1 aromatic carbocycles. The number of nitrogens with one attached hydrogen (secondary N) is 2. The van der Waals surface area contributed by atoms with Crippen LogP contribution in [-0.2, 0) is 19.6 Å². The van der Waals surface area contributed by atoms with E-state index in [-0.39, 0.29) is 6.79 Å². The fourth-order valence-corrected chi connectivity index (χ4v) is 3.18. The SMILES string of the molecule is c1cncc(-c2nc3c(c(NCc4ccc5c(c4)OCO5)n2)CNC3)c1. The fourth-order valence-electron chi connectivity index (χ4n) is 3.18. The third-order valence-electron chi connectivity index (χ3n) is 4.50. The summed E-state index contributed by atoms with van der Waals surface area (Å²) in [5, 5.41) is 6.80. The molecule has 130 valence electrons. The van der Waals surface area contributed by atoms with Gasteiger partial charge in [0, 0.05) is 43.2 Å². The first-order valence-corrected chi connectivity index (χ1v) is 8.50. The van der Waals surface area contributed by atoms with Crippen molar-refractivity contribution in [3.63, 3.8) is 0 Å². The topological polar surface area (TPSA) is 81.2 Å². The van der Waals surface area contributed by atoms with Crippen molar-refractivity contribution < 1.29 is 9.47 Å². The van der Waals surface area contributed by atoms with Crippen molar-refractivity contribution in [1.29, 1.82) is 0 Å².